The van der Waals surface area contributed by atoms with Crippen LogP contribution in [0.25, 0.3) is 0 Å². The molecule has 2 saturated carbocycles. The van der Waals surface area contributed by atoms with Gasteiger partial charge in [-0.3, -0.25) is 4.90 Å². The SMILES string of the molecule is CN1C2C(CCC2C(C)(C)C)CC12CC2. The molecule has 15 heavy (non-hydrogen) atoms. The summed E-state index contributed by atoms with van der Waals surface area (Å²) in [4.78, 5) is 2.78. The molecule has 3 unspecified atom stereocenters. The van der Waals surface area contributed by atoms with Crippen molar-refractivity contribution in [3.8, 4) is 0 Å². The monoisotopic (exact) mass is 207 g/mol. The fraction of sp³-hybridized carbons (Fsp3) is 1.00. The lowest BCUT2D eigenvalue weighted by Crippen LogP contribution is -2.42. The van der Waals surface area contributed by atoms with Gasteiger partial charge in [-0.25, -0.2) is 0 Å². The van der Waals surface area contributed by atoms with E-state index in [1.807, 2.05) is 0 Å². The fourth-order valence-electron chi connectivity index (χ4n) is 4.47. The van der Waals surface area contributed by atoms with Crippen LogP contribution in [-0.2, 0) is 0 Å². The first kappa shape index (κ1) is 10.1. The fourth-order valence-corrected chi connectivity index (χ4v) is 4.47. The van der Waals surface area contributed by atoms with Crippen LogP contribution < -0.4 is 0 Å². The predicted octanol–water partition coefficient (Wildman–Crippen LogP) is 3.30. The third-order valence-corrected chi connectivity index (χ3v) is 5.52. The van der Waals surface area contributed by atoms with Crippen LogP contribution in [-0.4, -0.2) is 23.5 Å². The zero-order chi connectivity index (χ0) is 10.8. The third-order valence-electron chi connectivity index (χ3n) is 5.52. The number of hydrogen-bond donors (Lipinski definition) is 0. The maximum atomic E-state index is 2.78. The Morgan fingerprint density at radius 3 is 2.33 bits per heavy atom. The second-order valence-electron chi connectivity index (χ2n) is 7.34. The molecule has 3 rings (SSSR count). The molecular formula is C14H25N. The number of hydrogen-bond acceptors (Lipinski definition) is 1. The van der Waals surface area contributed by atoms with Crippen molar-refractivity contribution in [3.63, 3.8) is 0 Å². The van der Waals surface area contributed by atoms with Crippen molar-refractivity contribution in [2.45, 2.75) is 64.5 Å². The highest BCUT2D eigenvalue weighted by molar-refractivity contribution is 5.15. The smallest absolute Gasteiger partial charge is 0.0214 e. The largest absolute Gasteiger partial charge is 0.297 e. The lowest BCUT2D eigenvalue weighted by molar-refractivity contribution is 0.107. The Bertz CT molecular complexity index is 272. The molecular weight excluding hydrogens is 182 g/mol. The van der Waals surface area contributed by atoms with Gasteiger partial charge in [0.2, 0.25) is 0 Å². The van der Waals surface area contributed by atoms with Crippen molar-refractivity contribution in [2.24, 2.45) is 17.3 Å². The summed E-state index contributed by atoms with van der Waals surface area (Å²) in [5, 5.41) is 0. The van der Waals surface area contributed by atoms with Gasteiger partial charge in [0.15, 0.2) is 0 Å². The summed E-state index contributed by atoms with van der Waals surface area (Å²) in [5.41, 5.74) is 1.19. The van der Waals surface area contributed by atoms with Gasteiger partial charge in [-0.05, 0) is 56.4 Å². The van der Waals surface area contributed by atoms with Gasteiger partial charge in [0.1, 0.15) is 0 Å². The Morgan fingerprint density at radius 1 is 1.13 bits per heavy atom. The molecule has 1 heterocycles. The van der Waals surface area contributed by atoms with Gasteiger partial charge in [0.05, 0.1) is 0 Å². The van der Waals surface area contributed by atoms with Crippen LogP contribution in [0.1, 0.15) is 52.9 Å². The first-order valence-electron chi connectivity index (χ1n) is 6.67. The van der Waals surface area contributed by atoms with E-state index in [9.17, 15) is 0 Å². The van der Waals surface area contributed by atoms with Gasteiger partial charge < -0.3 is 0 Å². The second kappa shape index (κ2) is 2.80. The Kier molecular flexibility index (Phi) is 1.89. The molecule has 1 nitrogen and oxygen atoms in total. The average molecular weight is 207 g/mol. The van der Waals surface area contributed by atoms with Crippen molar-refractivity contribution < 1.29 is 0 Å². The van der Waals surface area contributed by atoms with Gasteiger partial charge in [-0.15, -0.1) is 0 Å². The van der Waals surface area contributed by atoms with Gasteiger partial charge in [-0.2, -0.15) is 0 Å². The van der Waals surface area contributed by atoms with Crippen LogP contribution in [0.3, 0.4) is 0 Å². The van der Waals surface area contributed by atoms with Crippen molar-refractivity contribution in [1.29, 1.82) is 0 Å². The molecule has 0 N–H and O–H groups in total. The van der Waals surface area contributed by atoms with E-state index in [2.05, 4.69) is 32.7 Å². The van der Waals surface area contributed by atoms with E-state index in [4.69, 9.17) is 0 Å². The average Bonchev–Trinajstić information content (AvgIpc) is 2.67. The van der Waals surface area contributed by atoms with Gasteiger partial charge in [0.25, 0.3) is 0 Å². The van der Waals surface area contributed by atoms with Crippen molar-refractivity contribution >= 4 is 0 Å². The molecule has 1 heteroatoms. The Balaban J connectivity index is 1.86. The minimum atomic E-state index is 0.508. The number of likely N-dealkylation sites (tertiary alicyclic amines) is 1. The normalized spacial score (nSPS) is 43.6. The maximum absolute atomic E-state index is 2.78. The van der Waals surface area contributed by atoms with Crippen LogP contribution >= 0.6 is 0 Å². The van der Waals surface area contributed by atoms with E-state index in [1.54, 1.807) is 0 Å². The van der Waals surface area contributed by atoms with E-state index < -0.39 is 0 Å². The third kappa shape index (κ3) is 1.32. The molecule has 86 valence electrons. The van der Waals surface area contributed by atoms with Gasteiger partial charge in [0, 0.05) is 11.6 Å². The molecule has 0 amide bonds. The van der Waals surface area contributed by atoms with Crippen molar-refractivity contribution in [2.75, 3.05) is 7.05 Å². The lowest BCUT2D eigenvalue weighted by atomic mass is 9.77. The van der Waals surface area contributed by atoms with Crippen LogP contribution in [0.4, 0.5) is 0 Å². The molecule has 3 aliphatic rings. The van der Waals surface area contributed by atoms with Crippen LogP contribution in [0.5, 0.6) is 0 Å². The minimum Gasteiger partial charge on any atom is -0.297 e. The van der Waals surface area contributed by atoms with Crippen LogP contribution in [0, 0.1) is 17.3 Å². The van der Waals surface area contributed by atoms with E-state index in [0.29, 0.717) is 11.0 Å². The number of nitrogens with zero attached hydrogens (tertiary/aromatic N) is 1. The summed E-state index contributed by atoms with van der Waals surface area (Å²) in [6, 6.07) is 0.910. The molecule has 0 aromatic rings. The molecule has 3 atom stereocenters. The predicted molar refractivity (Wildman–Crippen MR) is 63.8 cm³/mol. The maximum Gasteiger partial charge on any atom is 0.0214 e. The first-order valence-corrected chi connectivity index (χ1v) is 6.67. The Labute approximate surface area is 94.2 Å². The lowest BCUT2D eigenvalue weighted by Gasteiger charge is -2.37. The van der Waals surface area contributed by atoms with Crippen molar-refractivity contribution in [3.05, 3.63) is 0 Å². The summed E-state index contributed by atoms with van der Waals surface area (Å²) in [6.07, 6.45) is 7.44. The summed E-state index contributed by atoms with van der Waals surface area (Å²) in [7, 11) is 2.40. The van der Waals surface area contributed by atoms with E-state index in [0.717, 1.165) is 17.9 Å². The molecule has 0 radical (unpaired) electrons. The van der Waals surface area contributed by atoms with Gasteiger partial charge >= 0.3 is 0 Å². The second-order valence-corrected chi connectivity index (χ2v) is 7.34. The Morgan fingerprint density at radius 2 is 1.80 bits per heavy atom. The van der Waals surface area contributed by atoms with E-state index in [1.165, 1.54) is 32.1 Å². The minimum absolute atomic E-state index is 0.508. The molecule has 2 aliphatic carbocycles. The highest BCUT2D eigenvalue weighted by Gasteiger charge is 2.61. The zero-order valence-corrected chi connectivity index (χ0v) is 10.7. The molecule has 0 bridgehead atoms. The summed E-state index contributed by atoms with van der Waals surface area (Å²) < 4.78 is 0. The quantitative estimate of drug-likeness (QED) is 0.589. The highest BCUT2D eigenvalue weighted by Crippen LogP contribution is 2.60. The van der Waals surface area contributed by atoms with Crippen molar-refractivity contribution in [1.82, 2.24) is 4.90 Å². The molecule has 1 saturated heterocycles. The van der Waals surface area contributed by atoms with Crippen LogP contribution in [0.15, 0.2) is 0 Å². The summed E-state index contributed by atoms with van der Waals surface area (Å²) >= 11 is 0. The summed E-state index contributed by atoms with van der Waals surface area (Å²) in [6.45, 7) is 7.31. The molecule has 0 aromatic carbocycles. The number of rotatable bonds is 0. The molecule has 0 aromatic heterocycles. The number of fused-ring (bicyclic) bond motifs is 1. The molecule has 1 aliphatic heterocycles. The molecule has 3 fully saturated rings. The van der Waals surface area contributed by atoms with E-state index >= 15 is 0 Å². The first-order chi connectivity index (χ1) is 6.94. The highest BCUT2D eigenvalue weighted by atomic mass is 15.3. The van der Waals surface area contributed by atoms with Gasteiger partial charge in [-0.1, -0.05) is 20.8 Å². The summed E-state index contributed by atoms with van der Waals surface area (Å²) in [5.74, 6) is 1.97. The van der Waals surface area contributed by atoms with E-state index in [-0.39, 0.29) is 0 Å². The standard InChI is InChI=1S/C14H25N/c1-13(2,3)11-6-5-10-9-14(7-8-14)15(4)12(10)11/h10-12H,5-9H2,1-4H3. The topological polar surface area (TPSA) is 3.24 Å². The zero-order valence-electron chi connectivity index (χ0n) is 10.7. The Hall–Kier alpha value is -0.0400. The van der Waals surface area contributed by atoms with Crippen LogP contribution in [0.2, 0.25) is 0 Å². The molecule has 1 spiro atoms.